The lowest BCUT2D eigenvalue weighted by Gasteiger charge is -2.20. The largest absolute Gasteiger partial charge is 0.497 e. The second-order valence-electron chi connectivity index (χ2n) is 9.15. The molecule has 38 heavy (non-hydrogen) atoms. The SMILES string of the molecule is COc1ccc2c(=O)n(CCNCC(c3ccccc3)c3ccccc3)c(C#N)c(-c3ccccc3)c2c1. The fraction of sp³-hybridized carbons (Fsp3) is 0.152. The van der Waals surface area contributed by atoms with Crippen LogP contribution in [0.2, 0.25) is 0 Å². The Morgan fingerprint density at radius 2 is 1.45 bits per heavy atom. The first kappa shape index (κ1) is 25.0. The molecular formula is C33H29N3O2. The molecule has 5 heteroatoms. The first-order chi connectivity index (χ1) is 18.7. The number of methoxy groups -OCH3 is 1. The van der Waals surface area contributed by atoms with Crippen LogP contribution in [0.15, 0.2) is 114 Å². The van der Waals surface area contributed by atoms with Crippen molar-refractivity contribution in [2.24, 2.45) is 0 Å². The van der Waals surface area contributed by atoms with E-state index in [-0.39, 0.29) is 11.5 Å². The highest BCUT2D eigenvalue weighted by Crippen LogP contribution is 2.32. The molecule has 0 saturated carbocycles. The van der Waals surface area contributed by atoms with Gasteiger partial charge in [0.2, 0.25) is 0 Å². The molecule has 1 aromatic heterocycles. The summed E-state index contributed by atoms with van der Waals surface area (Å²) >= 11 is 0. The Morgan fingerprint density at radius 3 is 2.03 bits per heavy atom. The highest BCUT2D eigenvalue weighted by molar-refractivity contribution is 5.99. The number of hydrogen-bond acceptors (Lipinski definition) is 4. The third-order valence-electron chi connectivity index (χ3n) is 6.91. The maximum atomic E-state index is 13.6. The molecule has 1 heterocycles. The Hall–Kier alpha value is -4.66. The molecule has 0 amide bonds. The molecule has 1 N–H and O–H groups in total. The minimum absolute atomic E-state index is 0.175. The van der Waals surface area contributed by atoms with E-state index in [1.165, 1.54) is 11.1 Å². The van der Waals surface area contributed by atoms with Gasteiger partial charge in [-0.1, -0.05) is 91.0 Å². The van der Waals surface area contributed by atoms with Crippen LogP contribution in [-0.2, 0) is 6.54 Å². The number of rotatable bonds is 9. The monoisotopic (exact) mass is 499 g/mol. The number of ether oxygens (including phenoxy) is 1. The Labute approximate surface area is 222 Å². The van der Waals surface area contributed by atoms with E-state index in [4.69, 9.17) is 4.74 Å². The summed E-state index contributed by atoms with van der Waals surface area (Å²) in [6.45, 7) is 1.63. The van der Waals surface area contributed by atoms with Gasteiger partial charge in [-0.05, 0) is 34.9 Å². The number of hydrogen-bond donors (Lipinski definition) is 1. The number of benzene rings is 4. The third kappa shape index (κ3) is 5.08. The molecule has 0 aliphatic heterocycles. The summed E-state index contributed by atoms with van der Waals surface area (Å²) in [5.41, 5.74) is 4.26. The molecular weight excluding hydrogens is 470 g/mol. The Bertz CT molecular complexity index is 1580. The van der Waals surface area contributed by atoms with Gasteiger partial charge in [0.15, 0.2) is 0 Å². The van der Waals surface area contributed by atoms with E-state index >= 15 is 0 Å². The van der Waals surface area contributed by atoms with Gasteiger partial charge in [-0.25, -0.2) is 0 Å². The van der Waals surface area contributed by atoms with Crippen LogP contribution in [0.5, 0.6) is 5.75 Å². The van der Waals surface area contributed by atoms with Gasteiger partial charge in [0, 0.05) is 41.9 Å². The van der Waals surface area contributed by atoms with Crippen LogP contribution in [0.3, 0.4) is 0 Å². The summed E-state index contributed by atoms with van der Waals surface area (Å²) in [7, 11) is 1.60. The average Bonchev–Trinajstić information content (AvgIpc) is 2.99. The molecule has 0 atom stereocenters. The number of nitriles is 1. The van der Waals surface area contributed by atoms with E-state index < -0.39 is 0 Å². The Morgan fingerprint density at radius 1 is 0.842 bits per heavy atom. The van der Waals surface area contributed by atoms with Gasteiger partial charge in [0.05, 0.1) is 7.11 Å². The molecule has 4 aromatic carbocycles. The maximum Gasteiger partial charge on any atom is 0.259 e. The number of nitrogens with one attached hydrogen (secondary N) is 1. The molecule has 5 rings (SSSR count). The van der Waals surface area contributed by atoms with Crippen molar-refractivity contribution in [3.05, 3.63) is 136 Å². The highest BCUT2D eigenvalue weighted by atomic mass is 16.5. The summed E-state index contributed by atoms with van der Waals surface area (Å²) in [5.74, 6) is 0.818. The van der Waals surface area contributed by atoms with Crippen LogP contribution in [0.1, 0.15) is 22.7 Å². The van der Waals surface area contributed by atoms with Gasteiger partial charge in [0.25, 0.3) is 5.56 Å². The Balaban J connectivity index is 1.47. The molecule has 5 aromatic rings. The first-order valence-corrected chi connectivity index (χ1v) is 12.7. The lowest BCUT2D eigenvalue weighted by atomic mass is 9.91. The fourth-order valence-electron chi connectivity index (χ4n) is 5.02. The highest BCUT2D eigenvalue weighted by Gasteiger charge is 2.19. The van der Waals surface area contributed by atoms with E-state index in [0.717, 1.165) is 16.5 Å². The minimum Gasteiger partial charge on any atom is -0.497 e. The van der Waals surface area contributed by atoms with Crippen molar-refractivity contribution < 1.29 is 4.74 Å². The summed E-state index contributed by atoms with van der Waals surface area (Å²) in [6, 6.07) is 38.3. The van der Waals surface area contributed by atoms with Gasteiger partial charge in [-0.3, -0.25) is 9.36 Å². The van der Waals surface area contributed by atoms with E-state index in [9.17, 15) is 10.1 Å². The van der Waals surface area contributed by atoms with Gasteiger partial charge >= 0.3 is 0 Å². The standard InChI is InChI=1S/C33H29N3O2/c1-38-27-17-18-28-29(21-27)32(26-15-9-4-10-16-26)31(22-34)36(33(28)37)20-19-35-23-30(24-11-5-2-6-12-24)25-13-7-3-8-14-25/h2-18,21,30,35H,19-20,23H2,1H3. The predicted molar refractivity (Wildman–Crippen MR) is 153 cm³/mol. The van der Waals surface area contributed by atoms with Gasteiger partial charge < -0.3 is 10.1 Å². The molecule has 0 aliphatic rings. The second kappa shape index (κ2) is 11.6. The second-order valence-corrected chi connectivity index (χ2v) is 9.15. The normalized spacial score (nSPS) is 11.0. The first-order valence-electron chi connectivity index (χ1n) is 12.7. The third-order valence-corrected chi connectivity index (χ3v) is 6.91. The maximum absolute atomic E-state index is 13.6. The van der Waals surface area contributed by atoms with Crippen molar-refractivity contribution >= 4 is 10.8 Å². The molecule has 0 aliphatic carbocycles. The van der Waals surface area contributed by atoms with Crippen LogP contribution >= 0.6 is 0 Å². The topological polar surface area (TPSA) is 67.0 Å². The van der Waals surface area contributed by atoms with E-state index in [2.05, 4.69) is 59.9 Å². The van der Waals surface area contributed by atoms with Gasteiger partial charge in [-0.2, -0.15) is 5.26 Å². The van der Waals surface area contributed by atoms with E-state index in [1.54, 1.807) is 23.8 Å². The molecule has 0 saturated heterocycles. The van der Waals surface area contributed by atoms with Crippen molar-refractivity contribution in [2.45, 2.75) is 12.5 Å². The van der Waals surface area contributed by atoms with Crippen LogP contribution < -0.4 is 15.6 Å². The lowest BCUT2D eigenvalue weighted by molar-refractivity contribution is 0.415. The number of nitrogens with zero attached hydrogens (tertiary/aromatic N) is 2. The van der Waals surface area contributed by atoms with Crippen molar-refractivity contribution in [1.29, 1.82) is 5.26 Å². The van der Waals surface area contributed by atoms with E-state index in [1.807, 2.05) is 48.5 Å². The summed E-state index contributed by atoms with van der Waals surface area (Å²) < 4.78 is 7.03. The van der Waals surface area contributed by atoms with Gasteiger partial charge in [0.1, 0.15) is 17.5 Å². The zero-order valence-electron chi connectivity index (χ0n) is 21.3. The van der Waals surface area contributed by atoms with Crippen LogP contribution in [0.25, 0.3) is 21.9 Å². The minimum atomic E-state index is -0.177. The van der Waals surface area contributed by atoms with E-state index in [0.29, 0.717) is 36.5 Å². The molecule has 5 nitrogen and oxygen atoms in total. The lowest BCUT2D eigenvalue weighted by Crippen LogP contribution is -2.31. The molecule has 0 spiro atoms. The number of aromatic nitrogens is 1. The van der Waals surface area contributed by atoms with Crippen LogP contribution in [-0.4, -0.2) is 24.8 Å². The fourth-order valence-corrected chi connectivity index (χ4v) is 5.02. The molecule has 0 unspecified atom stereocenters. The van der Waals surface area contributed by atoms with Crippen molar-refractivity contribution in [3.8, 4) is 22.9 Å². The van der Waals surface area contributed by atoms with Crippen molar-refractivity contribution in [1.82, 2.24) is 9.88 Å². The van der Waals surface area contributed by atoms with Crippen LogP contribution in [0.4, 0.5) is 0 Å². The average molecular weight is 500 g/mol. The molecule has 188 valence electrons. The summed E-state index contributed by atoms with van der Waals surface area (Å²) in [4.78, 5) is 13.6. The number of pyridine rings is 1. The molecule has 0 radical (unpaired) electrons. The summed E-state index contributed by atoms with van der Waals surface area (Å²) in [6.07, 6.45) is 0. The quantitative estimate of drug-likeness (QED) is 0.254. The van der Waals surface area contributed by atoms with Crippen LogP contribution in [0, 0.1) is 11.3 Å². The predicted octanol–water partition coefficient (Wildman–Crippen LogP) is 5.97. The summed E-state index contributed by atoms with van der Waals surface area (Å²) in [5, 5.41) is 15.1. The van der Waals surface area contributed by atoms with Crippen molar-refractivity contribution in [3.63, 3.8) is 0 Å². The molecule has 0 bridgehead atoms. The number of fused-ring (bicyclic) bond motifs is 1. The smallest absolute Gasteiger partial charge is 0.259 e. The zero-order chi connectivity index (χ0) is 26.3. The van der Waals surface area contributed by atoms with Crippen molar-refractivity contribution in [2.75, 3.05) is 20.2 Å². The Kier molecular flexibility index (Phi) is 7.63. The zero-order valence-corrected chi connectivity index (χ0v) is 21.3. The molecule has 0 fully saturated rings. The van der Waals surface area contributed by atoms with Gasteiger partial charge in [-0.15, -0.1) is 0 Å².